The first-order valence-corrected chi connectivity index (χ1v) is 8.16. The molecule has 0 amide bonds. The number of likely N-dealkylation sites (tertiary alicyclic amines) is 1. The standard InChI is InChI=1S/C16H32N2/c1-15(2)17-13-16(9-5-3-4-6-10-16)14-18-11-7-8-12-18/h15,17H,3-14H2,1-2H3. The van der Waals surface area contributed by atoms with Gasteiger partial charge in [0.25, 0.3) is 0 Å². The maximum absolute atomic E-state index is 3.73. The van der Waals surface area contributed by atoms with Crippen LogP contribution in [0.3, 0.4) is 0 Å². The fraction of sp³-hybridized carbons (Fsp3) is 1.00. The molecule has 1 heterocycles. The Bertz CT molecular complexity index is 223. The molecular weight excluding hydrogens is 220 g/mol. The van der Waals surface area contributed by atoms with Crippen LogP contribution < -0.4 is 5.32 Å². The zero-order chi connectivity index (χ0) is 12.8. The zero-order valence-corrected chi connectivity index (χ0v) is 12.5. The molecule has 1 saturated carbocycles. The van der Waals surface area contributed by atoms with Crippen LogP contribution in [0.25, 0.3) is 0 Å². The van der Waals surface area contributed by atoms with Gasteiger partial charge >= 0.3 is 0 Å². The van der Waals surface area contributed by atoms with Crippen LogP contribution in [-0.4, -0.2) is 37.1 Å². The maximum atomic E-state index is 3.73. The molecule has 2 fully saturated rings. The van der Waals surface area contributed by atoms with E-state index < -0.39 is 0 Å². The first-order valence-electron chi connectivity index (χ1n) is 8.16. The molecule has 2 nitrogen and oxygen atoms in total. The van der Waals surface area contributed by atoms with E-state index >= 15 is 0 Å². The van der Waals surface area contributed by atoms with Crippen LogP contribution in [0.5, 0.6) is 0 Å². The van der Waals surface area contributed by atoms with Crippen LogP contribution in [0, 0.1) is 5.41 Å². The average Bonchev–Trinajstić information content (AvgIpc) is 2.72. The Kier molecular flexibility index (Phi) is 5.50. The van der Waals surface area contributed by atoms with Gasteiger partial charge in [0.05, 0.1) is 0 Å². The van der Waals surface area contributed by atoms with Crippen molar-refractivity contribution in [2.75, 3.05) is 26.2 Å². The molecule has 0 aromatic heterocycles. The SMILES string of the molecule is CC(C)NCC1(CN2CCCC2)CCCCCC1. The summed E-state index contributed by atoms with van der Waals surface area (Å²) in [7, 11) is 0. The maximum Gasteiger partial charge on any atom is 0.00501 e. The van der Waals surface area contributed by atoms with Gasteiger partial charge in [-0.1, -0.05) is 39.5 Å². The number of hydrogen-bond acceptors (Lipinski definition) is 2. The number of nitrogens with zero attached hydrogens (tertiary/aromatic N) is 1. The Labute approximate surface area is 114 Å². The second-order valence-electron chi connectivity index (χ2n) is 6.93. The molecule has 0 aromatic rings. The minimum Gasteiger partial charge on any atom is -0.314 e. The van der Waals surface area contributed by atoms with Crippen molar-refractivity contribution in [3.05, 3.63) is 0 Å². The highest BCUT2D eigenvalue weighted by molar-refractivity contribution is 4.88. The van der Waals surface area contributed by atoms with Gasteiger partial charge in [0, 0.05) is 19.1 Å². The van der Waals surface area contributed by atoms with Crippen molar-refractivity contribution in [2.45, 2.75) is 71.3 Å². The van der Waals surface area contributed by atoms with E-state index in [2.05, 4.69) is 24.1 Å². The molecule has 2 rings (SSSR count). The molecular formula is C16H32N2. The molecule has 0 unspecified atom stereocenters. The molecule has 1 N–H and O–H groups in total. The van der Waals surface area contributed by atoms with Crippen LogP contribution in [0.1, 0.15) is 65.2 Å². The number of rotatable bonds is 5. The molecule has 0 bridgehead atoms. The summed E-state index contributed by atoms with van der Waals surface area (Å²) in [5, 5.41) is 3.73. The lowest BCUT2D eigenvalue weighted by atomic mass is 9.79. The predicted octanol–water partition coefficient (Wildman–Crippen LogP) is 3.42. The highest BCUT2D eigenvalue weighted by Crippen LogP contribution is 2.36. The Balaban J connectivity index is 1.94. The van der Waals surface area contributed by atoms with Gasteiger partial charge in [-0.3, -0.25) is 0 Å². The molecule has 2 heteroatoms. The van der Waals surface area contributed by atoms with Gasteiger partial charge in [0.2, 0.25) is 0 Å². The molecule has 18 heavy (non-hydrogen) atoms. The molecule has 0 aromatic carbocycles. The van der Waals surface area contributed by atoms with Crippen molar-refractivity contribution in [2.24, 2.45) is 5.41 Å². The molecule has 1 saturated heterocycles. The molecule has 106 valence electrons. The van der Waals surface area contributed by atoms with E-state index in [9.17, 15) is 0 Å². The predicted molar refractivity (Wildman–Crippen MR) is 78.9 cm³/mol. The van der Waals surface area contributed by atoms with Gasteiger partial charge < -0.3 is 10.2 Å². The largest absolute Gasteiger partial charge is 0.314 e. The van der Waals surface area contributed by atoms with Crippen molar-refractivity contribution < 1.29 is 0 Å². The Morgan fingerprint density at radius 1 is 0.944 bits per heavy atom. The summed E-state index contributed by atoms with van der Waals surface area (Å²) in [6.45, 7) is 9.85. The lowest BCUT2D eigenvalue weighted by Crippen LogP contribution is -2.44. The summed E-state index contributed by atoms with van der Waals surface area (Å²) in [5.74, 6) is 0. The van der Waals surface area contributed by atoms with Gasteiger partial charge in [-0.25, -0.2) is 0 Å². The van der Waals surface area contributed by atoms with Crippen LogP contribution >= 0.6 is 0 Å². The summed E-state index contributed by atoms with van der Waals surface area (Å²) in [6.07, 6.45) is 11.6. The molecule has 2 aliphatic rings. The topological polar surface area (TPSA) is 15.3 Å². The highest BCUT2D eigenvalue weighted by Gasteiger charge is 2.33. The molecule has 1 aliphatic heterocycles. The third-order valence-corrected chi connectivity index (χ3v) is 4.81. The van der Waals surface area contributed by atoms with Crippen LogP contribution in [0.15, 0.2) is 0 Å². The quantitative estimate of drug-likeness (QED) is 0.754. The Morgan fingerprint density at radius 3 is 2.11 bits per heavy atom. The highest BCUT2D eigenvalue weighted by atomic mass is 15.1. The fourth-order valence-corrected chi connectivity index (χ4v) is 3.71. The van der Waals surface area contributed by atoms with E-state index in [4.69, 9.17) is 0 Å². The lowest BCUT2D eigenvalue weighted by molar-refractivity contribution is 0.142. The van der Waals surface area contributed by atoms with Gasteiger partial charge in [0.1, 0.15) is 0 Å². The van der Waals surface area contributed by atoms with E-state index in [1.54, 1.807) is 0 Å². The third-order valence-electron chi connectivity index (χ3n) is 4.81. The van der Waals surface area contributed by atoms with Crippen molar-refractivity contribution >= 4 is 0 Å². The molecule has 0 spiro atoms. The fourth-order valence-electron chi connectivity index (χ4n) is 3.71. The summed E-state index contributed by atoms with van der Waals surface area (Å²) < 4.78 is 0. The Morgan fingerprint density at radius 2 is 1.56 bits per heavy atom. The van der Waals surface area contributed by atoms with E-state index in [-0.39, 0.29) is 0 Å². The van der Waals surface area contributed by atoms with Crippen molar-refractivity contribution in [3.8, 4) is 0 Å². The molecule has 0 atom stereocenters. The zero-order valence-electron chi connectivity index (χ0n) is 12.5. The van der Waals surface area contributed by atoms with Gasteiger partial charge in [-0.2, -0.15) is 0 Å². The Hall–Kier alpha value is -0.0800. The summed E-state index contributed by atoms with van der Waals surface area (Å²) in [6, 6.07) is 0.628. The van der Waals surface area contributed by atoms with Crippen LogP contribution in [0.2, 0.25) is 0 Å². The second kappa shape index (κ2) is 6.91. The third kappa shape index (κ3) is 4.24. The van der Waals surface area contributed by atoms with E-state index in [1.165, 1.54) is 77.5 Å². The average molecular weight is 252 g/mol. The smallest absolute Gasteiger partial charge is 0.00501 e. The summed E-state index contributed by atoms with van der Waals surface area (Å²) in [4.78, 5) is 2.73. The molecule has 0 radical (unpaired) electrons. The normalized spacial score (nSPS) is 25.5. The van der Waals surface area contributed by atoms with Crippen molar-refractivity contribution in [1.82, 2.24) is 10.2 Å². The number of hydrogen-bond donors (Lipinski definition) is 1. The summed E-state index contributed by atoms with van der Waals surface area (Å²) >= 11 is 0. The monoisotopic (exact) mass is 252 g/mol. The minimum absolute atomic E-state index is 0.575. The van der Waals surface area contributed by atoms with Crippen molar-refractivity contribution in [3.63, 3.8) is 0 Å². The minimum atomic E-state index is 0.575. The number of nitrogens with one attached hydrogen (secondary N) is 1. The lowest BCUT2D eigenvalue weighted by Gasteiger charge is -2.37. The summed E-state index contributed by atoms with van der Waals surface area (Å²) in [5.41, 5.74) is 0.575. The first-order chi connectivity index (χ1) is 8.70. The van der Waals surface area contributed by atoms with E-state index in [1.807, 2.05) is 0 Å². The first kappa shape index (κ1) is 14.3. The van der Waals surface area contributed by atoms with Crippen LogP contribution in [-0.2, 0) is 0 Å². The van der Waals surface area contributed by atoms with Crippen LogP contribution in [0.4, 0.5) is 0 Å². The van der Waals surface area contributed by atoms with Gasteiger partial charge in [-0.15, -0.1) is 0 Å². The van der Waals surface area contributed by atoms with E-state index in [0.29, 0.717) is 11.5 Å². The molecule has 1 aliphatic carbocycles. The van der Waals surface area contributed by atoms with E-state index in [0.717, 1.165) is 0 Å². The van der Waals surface area contributed by atoms with Gasteiger partial charge in [-0.05, 0) is 44.2 Å². The second-order valence-corrected chi connectivity index (χ2v) is 6.93. The van der Waals surface area contributed by atoms with Gasteiger partial charge in [0.15, 0.2) is 0 Å². The van der Waals surface area contributed by atoms with Crippen molar-refractivity contribution in [1.29, 1.82) is 0 Å².